The number of ketones is 1. The topological polar surface area (TPSA) is 34.9 Å². The second-order valence-electron chi connectivity index (χ2n) is 4.23. The van der Waals surface area contributed by atoms with Crippen LogP contribution in [0.15, 0.2) is 0 Å². The first-order valence-electron chi connectivity index (χ1n) is 6.17. The quantitative estimate of drug-likeness (QED) is 0.717. The number of carbonyl (C=O) groups excluding carboxylic acids is 1. The van der Waals surface area contributed by atoms with Crippen molar-refractivity contribution >= 4 is 5.78 Å². The number of hydrogen-bond donors (Lipinski definition) is 0. The zero-order valence-electron chi connectivity index (χ0n) is 11.0. The molecule has 1 rings (SSSR count). The van der Waals surface area contributed by atoms with Crippen LogP contribution in [0.3, 0.4) is 0 Å². The summed E-state index contributed by atoms with van der Waals surface area (Å²) >= 11 is 0. The molecular weight excluding hydrogens is 200 g/mol. The van der Waals surface area contributed by atoms with Gasteiger partial charge in [0.1, 0.15) is 0 Å². The summed E-state index contributed by atoms with van der Waals surface area (Å²) < 4.78 is 2.04. The number of nitrogens with zero attached hydrogens (tertiary/aromatic N) is 2. The number of carbonyl (C=O) groups is 1. The van der Waals surface area contributed by atoms with Crippen molar-refractivity contribution in [3.8, 4) is 0 Å². The number of aryl methyl sites for hydroxylation is 1. The van der Waals surface area contributed by atoms with E-state index in [1.807, 2.05) is 4.68 Å². The second kappa shape index (κ2) is 5.28. The fraction of sp³-hybridized carbons (Fsp3) is 0.692. The highest BCUT2D eigenvalue weighted by Gasteiger charge is 2.20. The van der Waals surface area contributed by atoms with Gasteiger partial charge >= 0.3 is 0 Å². The predicted octanol–water partition coefficient (Wildman–Crippen LogP) is 3.18. The lowest BCUT2D eigenvalue weighted by molar-refractivity contribution is 0.101. The van der Waals surface area contributed by atoms with Gasteiger partial charge in [-0.1, -0.05) is 20.8 Å². The molecule has 3 nitrogen and oxygen atoms in total. The molecule has 1 aromatic rings. The molecule has 3 heteroatoms. The largest absolute Gasteiger partial charge is 0.294 e. The van der Waals surface area contributed by atoms with Crippen LogP contribution >= 0.6 is 0 Å². The maximum absolute atomic E-state index is 11.7. The van der Waals surface area contributed by atoms with Crippen LogP contribution in [0, 0.1) is 0 Å². The highest BCUT2D eigenvalue weighted by atomic mass is 16.1. The van der Waals surface area contributed by atoms with E-state index < -0.39 is 0 Å². The van der Waals surface area contributed by atoms with Gasteiger partial charge in [0.15, 0.2) is 5.78 Å². The van der Waals surface area contributed by atoms with E-state index in [4.69, 9.17) is 0 Å². The summed E-state index contributed by atoms with van der Waals surface area (Å²) in [6.07, 6.45) is 2.73. The van der Waals surface area contributed by atoms with Crippen LogP contribution < -0.4 is 0 Å². The number of hydrogen-bond acceptors (Lipinski definition) is 2. The fourth-order valence-electron chi connectivity index (χ4n) is 2.05. The minimum atomic E-state index is 0.142. The lowest BCUT2D eigenvalue weighted by atomic mass is 10.1. The average Bonchev–Trinajstić information content (AvgIpc) is 2.66. The molecule has 0 bridgehead atoms. The Kier molecular flexibility index (Phi) is 4.27. The maximum Gasteiger partial charge on any atom is 0.163 e. The van der Waals surface area contributed by atoms with Crippen LogP contribution in [0.1, 0.15) is 68.8 Å². The van der Waals surface area contributed by atoms with Crippen molar-refractivity contribution < 1.29 is 4.79 Å². The third-order valence-corrected chi connectivity index (χ3v) is 3.11. The lowest BCUT2D eigenvalue weighted by Crippen LogP contribution is -2.10. The molecule has 0 spiro atoms. The summed E-state index contributed by atoms with van der Waals surface area (Å²) in [5, 5.41) is 4.59. The molecule has 0 aliphatic rings. The van der Waals surface area contributed by atoms with Gasteiger partial charge in [-0.3, -0.25) is 9.48 Å². The van der Waals surface area contributed by atoms with Crippen molar-refractivity contribution in [1.82, 2.24) is 9.78 Å². The third-order valence-electron chi connectivity index (χ3n) is 3.11. The van der Waals surface area contributed by atoms with E-state index in [0.29, 0.717) is 6.04 Å². The van der Waals surface area contributed by atoms with Crippen molar-refractivity contribution in [2.24, 2.45) is 0 Å². The Hall–Kier alpha value is -1.12. The molecule has 1 unspecified atom stereocenters. The molecule has 0 saturated carbocycles. The zero-order chi connectivity index (χ0) is 12.3. The first-order valence-corrected chi connectivity index (χ1v) is 6.17. The summed E-state index contributed by atoms with van der Waals surface area (Å²) in [4.78, 5) is 11.7. The Morgan fingerprint density at radius 3 is 2.31 bits per heavy atom. The van der Waals surface area contributed by atoms with Crippen LogP contribution in [0.4, 0.5) is 0 Å². The Bertz CT molecular complexity index is 380. The molecule has 1 heterocycles. The van der Waals surface area contributed by atoms with Gasteiger partial charge in [0.25, 0.3) is 0 Å². The molecular formula is C13H22N2O. The monoisotopic (exact) mass is 222 g/mol. The number of rotatable bonds is 5. The molecule has 0 amide bonds. The summed E-state index contributed by atoms with van der Waals surface area (Å²) in [5.41, 5.74) is 2.90. The average molecular weight is 222 g/mol. The summed E-state index contributed by atoms with van der Waals surface area (Å²) in [6, 6.07) is 0.369. The fourth-order valence-corrected chi connectivity index (χ4v) is 2.05. The van der Waals surface area contributed by atoms with Crippen molar-refractivity contribution in [3.05, 3.63) is 17.0 Å². The minimum Gasteiger partial charge on any atom is -0.294 e. The highest BCUT2D eigenvalue weighted by Crippen LogP contribution is 2.21. The normalized spacial score (nSPS) is 12.8. The van der Waals surface area contributed by atoms with Gasteiger partial charge in [0.2, 0.25) is 0 Å². The van der Waals surface area contributed by atoms with Gasteiger partial charge in [-0.15, -0.1) is 0 Å². The molecule has 0 aromatic carbocycles. The van der Waals surface area contributed by atoms with E-state index >= 15 is 0 Å². The first-order chi connectivity index (χ1) is 7.56. The Balaban J connectivity index is 3.35. The summed E-state index contributed by atoms with van der Waals surface area (Å²) in [7, 11) is 0. The van der Waals surface area contributed by atoms with Crippen LogP contribution in [-0.2, 0) is 12.8 Å². The standard InChI is InChI=1S/C13H22N2O/c1-6-9(4)15-12(8-3)13(10(5)16)11(7-2)14-15/h9H,6-8H2,1-5H3. The van der Waals surface area contributed by atoms with Crippen LogP contribution in [0.5, 0.6) is 0 Å². The van der Waals surface area contributed by atoms with Crippen LogP contribution in [0.25, 0.3) is 0 Å². The molecule has 0 aliphatic carbocycles. The Morgan fingerprint density at radius 2 is 1.94 bits per heavy atom. The number of aromatic nitrogens is 2. The lowest BCUT2D eigenvalue weighted by Gasteiger charge is -2.13. The second-order valence-corrected chi connectivity index (χ2v) is 4.23. The minimum absolute atomic E-state index is 0.142. The maximum atomic E-state index is 11.7. The van der Waals surface area contributed by atoms with Crippen LogP contribution in [-0.4, -0.2) is 15.6 Å². The summed E-state index contributed by atoms with van der Waals surface area (Å²) in [6.45, 7) is 10.1. The molecule has 0 N–H and O–H groups in total. The molecule has 16 heavy (non-hydrogen) atoms. The SMILES string of the molecule is CCc1nn(C(C)CC)c(CC)c1C(C)=O. The molecule has 1 aromatic heterocycles. The molecule has 1 atom stereocenters. The Morgan fingerprint density at radius 1 is 1.31 bits per heavy atom. The van der Waals surface area contributed by atoms with Crippen molar-refractivity contribution in [3.63, 3.8) is 0 Å². The predicted molar refractivity (Wildman–Crippen MR) is 66.0 cm³/mol. The zero-order valence-corrected chi connectivity index (χ0v) is 11.0. The molecule has 0 fully saturated rings. The smallest absolute Gasteiger partial charge is 0.163 e. The van der Waals surface area contributed by atoms with Gasteiger partial charge in [-0.2, -0.15) is 5.10 Å². The Labute approximate surface area is 97.8 Å². The van der Waals surface area contributed by atoms with Gasteiger partial charge in [-0.25, -0.2) is 0 Å². The van der Waals surface area contributed by atoms with E-state index in [1.54, 1.807) is 6.92 Å². The highest BCUT2D eigenvalue weighted by molar-refractivity contribution is 5.96. The number of Topliss-reactive ketones (excluding diaryl/α,β-unsaturated/α-hetero) is 1. The molecule has 0 radical (unpaired) electrons. The first kappa shape index (κ1) is 12.9. The van der Waals surface area contributed by atoms with E-state index in [2.05, 4.69) is 32.8 Å². The van der Waals surface area contributed by atoms with E-state index in [9.17, 15) is 4.79 Å². The van der Waals surface area contributed by atoms with E-state index in [1.165, 1.54) is 0 Å². The summed E-state index contributed by atoms with van der Waals surface area (Å²) in [5.74, 6) is 0.142. The van der Waals surface area contributed by atoms with Crippen molar-refractivity contribution in [1.29, 1.82) is 0 Å². The van der Waals surface area contributed by atoms with Gasteiger partial charge in [0.05, 0.1) is 11.3 Å². The molecule has 90 valence electrons. The van der Waals surface area contributed by atoms with Gasteiger partial charge < -0.3 is 0 Å². The molecule has 0 saturated heterocycles. The van der Waals surface area contributed by atoms with Crippen LogP contribution in [0.2, 0.25) is 0 Å². The van der Waals surface area contributed by atoms with E-state index in [0.717, 1.165) is 36.2 Å². The van der Waals surface area contributed by atoms with Crippen molar-refractivity contribution in [2.45, 2.75) is 59.9 Å². The van der Waals surface area contributed by atoms with Crippen molar-refractivity contribution in [2.75, 3.05) is 0 Å². The van der Waals surface area contributed by atoms with Gasteiger partial charge in [-0.05, 0) is 33.1 Å². The third kappa shape index (κ3) is 2.18. The van der Waals surface area contributed by atoms with E-state index in [-0.39, 0.29) is 5.78 Å². The molecule has 0 aliphatic heterocycles. The van der Waals surface area contributed by atoms with Gasteiger partial charge in [0, 0.05) is 11.7 Å².